The van der Waals surface area contributed by atoms with Crippen molar-refractivity contribution < 1.29 is 9.18 Å². The highest BCUT2D eigenvalue weighted by molar-refractivity contribution is 5.94. The minimum Gasteiger partial charge on any atom is -0.342 e. The number of nitrogens with one attached hydrogen (secondary N) is 3. The second kappa shape index (κ2) is 6.68. The third-order valence-electron chi connectivity index (χ3n) is 3.99. The maximum absolute atomic E-state index is 13.4. The van der Waals surface area contributed by atoms with Crippen LogP contribution in [0.3, 0.4) is 0 Å². The second-order valence-electron chi connectivity index (χ2n) is 6.05. The fourth-order valence-electron chi connectivity index (χ4n) is 2.71. The Morgan fingerprint density at radius 1 is 1.39 bits per heavy atom. The lowest BCUT2D eigenvalue weighted by Gasteiger charge is -2.27. The van der Waals surface area contributed by atoms with Gasteiger partial charge in [-0.25, -0.2) is 4.39 Å². The number of benzene rings is 1. The van der Waals surface area contributed by atoms with Crippen LogP contribution in [0.2, 0.25) is 0 Å². The molecule has 0 atom stereocenters. The first-order valence-corrected chi connectivity index (χ1v) is 7.33. The highest BCUT2D eigenvalue weighted by Gasteiger charge is 2.28. The number of halogens is 2. The van der Waals surface area contributed by atoms with Crippen LogP contribution in [-0.4, -0.2) is 22.6 Å². The Balaban J connectivity index is 0.00000192. The molecule has 1 aliphatic rings. The Morgan fingerprint density at radius 2 is 2.17 bits per heavy atom. The number of rotatable bonds is 3. The Morgan fingerprint density at radius 3 is 2.91 bits per heavy atom. The fourth-order valence-corrected chi connectivity index (χ4v) is 2.71. The van der Waals surface area contributed by atoms with E-state index in [1.54, 1.807) is 12.1 Å². The van der Waals surface area contributed by atoms with E-state index in [2.05, 4.69) is 20.8 Å². The summed E-state index contributed by atoms with van der Waals surface area (Å²) in [5.41, 5.74) is 2.36. The van der Waals surface area contributed by atoms with Crippen molar-refractivity contribution in [1.29, 1.82) is 0 Å². The summed E-state index contributed by atoms with van der Waals surface area (Å²) in [6.07, 6.45) is 0.836. The molecule has 5 nitrogen and oxygen atoms in total. The van der Waals surface area contributed by atoms with Gasteiger partial charge in [0.25, 0.3) is 5.91 Å². The largest absolute Gasteiger partial charge is 0.342 e. The summed E-state index contributed by atoms with van der Waals surface area (Å²) in [7, 11) is 0. The van der Waals surface area contributed by atoms with Gasteiger partial charge in [-0.3, -0.25) is 9.89 Å². The molecule has 0 aliphatic carbocycles. The molecule has 2 heterocycles. The van der Waals surface area contributed by atoms with Gasteiger partial charge in [-0.15, -0.1) is 12.4 Å². The van der Waals surface area contributed by atoms with Crippen LogP contribution in [-0.2, 0) is 18.5 Å². The Hall–Kier alpha value is -1.92. The molecule has 0 fully saturated rings. The third kappa shape index (κ3) is 3.54. The summed E-state index contributed by atoms with van der Waals surface area (Å²) in [5.74, 6) is -0.573. The molecule has 3 rings (SSSR count). The topological polar surface area (TPSA) is 69.8 Å². The molecule has 0 unspecified atom stereocenters. The van der Waals surface area contributed by atoms with Crippen molar-refractivity contribution in [2.45, 2.75) is 32.4 Å². The molecular weight excluding hydrogens is 319 g/mol. The zero-order chi connectivity index (χ0) is 15.7. The molecule has 0 saturated carbocycles. The van der Waals surface area contributed by atoms with Gasteiger partial charge in [0.2, 0.25) is 0 Å². The quantitative estimate of drug-likeness (QED) is 0.804. The first-order chi connectivity index (χ1) is 10.5. The highest BCUT2D eigenvalue weighted by atomic mass is 35.5. The number of hydrogen-bond donors (Lipinski definition) is 3. The average Bonchev–Trinajstić information content (AvgIpc) is 2.91. The molecule has 1 amide bonds. The van der Waals surface area contributed by atoms with E-state index in [-0.39, 0.29) is 24.1 Å². The van der Waals surface area contributed by atoms with E-state index in [9.17, 15) is 9.18 Å². The summed E-state index contributed by atoms with van der Waals surface area (Å²) in [5, 5.41) is 13.2. The van der Waals surface area contributed by atoms with Gasteiger partial charge in [0.05, 0.1) is 5.54 Å². The van der Waals surface area contributed by atoms with Crippen molar-refractivity contribution in [3.05, 3.63) is 52.6 Å². The van der Waals surface area contributed by atoms with Gasteiger partial charge in [-0.2, -0.15) is 5.10 Å². The molecule has 0 bridgehead atoms. The summed E-state index contributed by atoms with van der Waals surface area (Å²) in [6, 6.07) is 6.25. The van der Waals surface area contributed by atoms with E-state index in [1.165, 1.54) is 12.1 Å². The highest BCUT2D eigenvalue weighted by Crippen LogP contribution is 2.22. The number of aromatic amines is 1. The van der Waals surface area contributed by atoms with Gasteiger partial charge >= 0.3 is 0 Å². The number of H-pyrrole nitrogens is 1. The average molecular weight is 339 g/mol. The number of carbonyl (C=O) groups excluding carboxylic acids is 1. The number of carbonyl (C=O) groups is 1. The number of amides is 1. The molecule has 7 heteroatoms. The van der Waals surface area contributed by atoms with Gasteiger partial charge in [0, 0.05) is 30.8 Å². The maximum Gasteiger partial charge on any atom is 0.272 e. The van der Waals surface area contributed by atoms with Crippen molar-refractivity contribution in [3.8, 4) is 0 Å². The van der Waals surface area contributed by atoms with Crippen molar-refractivity contribution in [2.24, 2.45) is 0 Å². The minimum atomic E-state index is -0.687. The van der Waals surface area contributed by atoms with Crippen LogP contribution in [0.1, 0.15) is 41.2 Å². The number of aromatic nitrogens is 2. The minimum absolute atomic E-state index is 0. The lowest BCUT2D eigenvalue weighted by Crippen LogP contribution is -2.41. The van der Waals surface area contributed by atoms with Crippen LogP contribution in [0.15, 0.2) is 24.3 Å². The lowest BCUT2D eigenvalue weighted by molar-refractivity contribution is 0.0905. The van der Waals surface area contributed by atoms with Crippen LogP contribution in [0.25, 0.3) is 0 Å². The first-order valence-electron chi connectivity index (χ1n) is 7.33. The summed E-state index contributed by atoms with van der Waals surface area (Å²) >= 11 is 0. The number of nitrogens with zero attached hydrogens (tertiary/aromatic N) is 1. The zero-order valence-corrected chi connectivity index (χ0v) is 13.9. The SMILES string of the molecule is CC(C)(NC(=O)c1n[nH]c2c1CNCC2)c1cccc(F)c1.Cl. The van der Waals surface area contributed by atoms with E-state index in [0.29, 0.717) is 17.8 Å². The molecular formula is C16H20ClFN4O. The standard InChI is InChI=1S/C16H19FN4O.ClH/c1-16(2,10-4-3-5-11(17)8-10)19-15(22)14-12-9-18-7-6-13(12)20-21-14;/h3-5,8,18H,6-7,9H2,1-2H3,(H,19,22)(H,20,21);1H. The normalized spacial score (nSPS) is 13.9. The molecule has 23 heavy (non-hydrogen) atoms. The van der Waals surface area contributed by atoms with E-state index in [4.69, 9.17) is 0 Å². The van der Waals surface area contributed by atoms with Gasteiger partial charge in [-0.1, -0.05) is 12.1 Å². The molecule has 1 aromatic heterocycles. The second-order valence-corrected chi connectivity index (χ2v) is 6.05. The zero-order valence-electron chi connectivity index (χ0n) is 13.1. The molecule has 1 aliphatic heterocycles. The predicted octanol–water partition coefficient (Wildman–Crippen LogP) is 2.28. The van der Waals surface area contributed by atoms with Crippen molar-refractivity contribution in [1.82, 2.24) is 20.8 Å². The monoisotopic (exact) mass is 338 g/mol. The van der Waals surface area contributed by atoms with E-state index >= 15 is 0 Å². The van der Waals surface area contributed by atoms with Crippen LogP contribution in [0.5, 0.6) is 0 Å². The summed E-state index contributed by atoms with van der Waals surface area (Å²) < 4.78 is 13.4. The molecule has 1 aromatic carbocycles. The van der Waals surface area contributed by atoms with Crippen LogP contribution in [0.4, 0.5) is 4.39 Å². The van der Waals surface area contributed by atoms with Crippen LogP contribution < -0.4 is 10.6 Å². The summed E-state index contributed by atoms with van der Waals surface area (Å²) in [6.45, 7) is 5.20. The smallest absolute Gasteiger partial charge is 0.272 e. The van der Waals surface area contributed by atoms with Crippen molar-refractivity contribution >= 4 is 18.3 Å². The maximum atomic E-state index is 13.4. The van der Waals surface area contributed by atoms with E-state index < -0.39 is 5.54 Å². The first kappa shape index (κ1) is 17.4. The molecule has 124 valence electrons. The van der Waals surface area contributed by atoms with E-state index in [1.807, 2.05) is 13.8 Å². The van der Waals surface area contributed by atoms with Gasteiger partial charge < -0.3 is 10.6 Å². The van der Waals surface area contributed by atoms with Crippen LogP contribution in [0, 0.1) is 5.82 Å². The number of hydrogen-bond acceptors (Lipinski definition) is 3. The number of fused-ring (bicyclic) bond motifs is 1. The molecule has 3 N–H and O–H groups in total. The van der Waals surface area contributed by atoms with Crippen molar-refractivity contribution in [2.75, 3.05) is 6.54 Å². The predicted molar refractivity (Wildman–Crippen MR) is 88.1 cm³/mol. The van der Waals surface area contributed by atoms with Gasteiger partial charge in [-0.05, 0) is 31.5 Å². The summed E-state index contributed by atoms with van der Waals surface area (Å²) in [4.78, 5) is 12.5. The van der Waals surface area contributed by atoms with Gasteiger partial charge in [0.15, 0.2) is 5.69 Å². The molecule has 0 radical (unpaired) electrons. The molecule has 0 spiro atoms. The van der Waals surface area contributed by atoms with E-state index in [0.717, 1.165) is 24.2 Å². The van der Waals surface area contributed by atoms with Crippen LogP contribution >= 0.6 is 12.4 Å². The Bertz CT molecular complexity index is 714. The Labute approximate surface area is 140 Å². The van der Waals surface area contributed by atoms with Crippen molar-refractivity contribution in [3.63, 3.8) is 0 Å². The fraction of sp³-hybridized carbons (Fsp3) is 0.375. The van der Waals surface area contributed by atoms with Gasteiger partial charge in [0.1, 0.15) is 5.82 Å². The lowest BCUT2D eigenvalue weighted by atomic mass is 9.93. The molecule has 2 aromatic rings. The third-order valence-corrected chi connectivity index (χ3v) is 3.99. The molecule has 0 saturated heterocycles. The Kier molecular flexibility index (Phi) is 5.06.